The Hall–Kier alpha value is -1.77. The number of benzene rings is 4. The smallest absolute Gasteiger partial charge is 0.222 e. The summed E-state index contributed by atoms with van der Waals surface area (Å²) in [5.74, 6) is 1.62. The Balaban J connectivity index is 0.000000474. The third-order valence-corrected chi connectivity index (χ3v) is 12.7. The summed E-state index contributed by atoms with van der Waals surface area (Å²) in [5, 5.41) is 5.88. The van der Waals surface area contributed by atoms with E-state index in [9.17, 15) is 0 Å². The van der Waals surface area contributed by atoms with Crippen LogP contribution in [0.15, 0.2) is 146 Å². The van der Waals surface area contributed by atoms with Crippen LogP contribution < -0.4 is 77.1 Å². The van der Waals surface area contributed by atoms with E-state index in [2.05, 4.69) is 153 Å². The van der Waals surface area contributed by atoms with Crippen molar-refractivity contribution >= 4 is 37.1 Å². The summed E-state index contributed by atoms with van der Waals surface area (Å²) in [6, 6.07) is 44.3. The molecule has 0 heterocycles. The summed E-state index contributed by atoms with van der Waals surface area (Å²) >= 11 is 0. The predicted molar refractivity (Wildman–Crippen MR) is 162 cm³/mol. The van der Waals surface area contributed by atoms with E-state index in [1.165, 1.54) is 33.8 Å². The van der Waals surface area contributed by atoms with Crippen molar-refractivity contribution in [3.05, 3.63) is 146 Å². The molecule has 52 heavy (non-hydrogen) atoms. The molecule has 282 valence electrons. The van der Waals surface area contributed by atoms with Crippen LogP contribution in [0.5, 0.6) is 0 Å². The molecule has 0 radical (unpaired) electrons. The normalized spacial score (nSPS) is 16.1. The molecule has 0 fully saturated rings. The second-order valence-corrected chi connectivity index (χ2v) is 17.8. The van der Waals surface area contributed by atoms with Gasteiger partial charge in [0.05, 0.1) is 0 Å². The van der Waals surface area contributed by atoms with Crippen LogP contribution in [0.4, 0.5) is 0 Å². The molecular weight excluding hydrogens is 872 g/mol. The molecule has 0 spiro atoms. The molecule has 12 nitrogen and oxygen atoms in total. The topological polar surface area (TPSA) is 277 Å². The van der Waals surface area contributed by atoms with Gasteiger partial charge in [0.15, 0.2) is 0 Å². The second-order valence-electron chi connectivity index (χ2n) is 10.6. The van der Waals surface area contributed by atoms with E-state index in [1.807, 2.05) is 0 Å². The largest absolute Gasteiger partial charge is 3.00 e. The monoisotopic (exact) mass is 904 g/mol. The van der Waals surface area contributed by atoms with Gasteiger partial charge >= 0.3 is 19.5 Å². The summed E-state index contributed by atoms with van der Waals surface area (Å²) in [4.78, 5) is 0. The van der Waals surface area contributed by atoms with Gasteiger partial charge in [-0.1, -0.05) is 153 Å². The Morgan fingerprint density at radius 3 is 0.904 bits per heavy atom. The number of halogens is 3. The standard InChI is InChI=1S/C27H26P2.C7H8.3ClHO4.Rh/c1-23(29(26-18-10-4-11-19-26)27-20-12-5-13-21-27)22-28(24-14-6-2-7-15-24)25-16-8-3-9-17-25;1-2-7-4-3-6(1)5-7;3*2-1(3,4)5;/h2-21,23H,22H2,1H3;1-4,6-7H,5H2;3*(H,2,3,4,5);/q;;;;;+3/p-3/t23-;;;;;/m1...../s1. The zero-order valence-electron chi connectivity index (χ0n) is 27.3. The van der Waals surface area contributed by atoms with Crippen molar-refractivity contribution in [2.45, 2.75) is 19.0 Å². The van der Waals surface area contributed by atoms with Crippen LogP contribution in [0, 0.1) is 42.6 Å². The van der Waals surface area contributed by atoms with Crippen molar-refractivity contribution in [1.82, 2.24) is 0 Å². The minimum atomic E-state index is -4.94. The van der Waals surface area contributed by atoms with Crippen LogP contribution in [-0.4, -0.2) is 11.8 Å². The Kier molecular flexibility index (Phi) is 22.2. The Morgan fingerprint density at radius 2 is 0.692 bits per heavy atom. The molecule has 0 N–H and O–H groups in total. The first-order valence-electron chi connectivity index (χ1n) is 14.8. The van der Waals surface area contributed by atoms with E-state index < -0.39 is 38.7 Å². The molecule has 18 heteroatoms. The van der Waals surface area contributed by atoms with Crippen molar-refractivity contribution < 1.29 is 106 Å². The molecule has 4 aromatic rings. The van der Waals surface area contributed by atoms with Crippen molar-refractivity contribution in [2.75, 3.05) is 6.16 Å². The van der Waals surface area contributed by atoms with E-state index in [0.717, 1.165) is 11.8 Å². The third kappa shape index (κ3) is 23.1. The molecular formula is C34H34Cl3O12P2Rh. The molecule has 0 aliphatic heterocycles. The van der Waals surface area contributed by atoms with Crippen molar-refractivity contribution in [2.24, 2.45) is 11.8 Å². The maximum Gasteiger partial charge on any atom is 3.00 e. The van der Waals surface area contributed by atoms with Crippen molar-refractivity contribution in [3.63, 3.8) is 0 Å². The molecule has 2 aliphatic rings. The Labute approximate surface area is 324 Å². The molecule has 0 aromatic heterocycles. The van der Waals surface area contributed by atoms with Gasteiger partial charge in [-0.15, -0.1) is 30.7 Å². The fourth-order valence-corrected chi connectivity index (χ4v) is 10.8. The molecule has 0 amide bonds. The Morgan fingerprint density at radius 1 is 0.462 bits per heavy atom. The molecule has 0 saturated carbocycles. The van der Waals surface area contributed by atoms with Crippen LogP contribution in [0.25, 0.3) is 0 Å². The molecule has 4 aromatic carbocycles. The van der Waals surface area contributed by atoms with Gasteiger partial charge in [-0.2, -0.15) is 0 Å². The van der Waals surface area contributed by atoms with Crippen LogP contribution in [0.1, 0.15) is 13.3 Å². The van der Waals surface area contributed by atoms with E-state index >= 15 is 0 Å². The van der Waals surface area contributed by atoms with Gasteiger partial charge in [0.1, 0.15) is 0 Å². The van der Waals surface area contributed by atoms with E-state index in [4.69, 9.17) is 55.9 Å². The maximum atomic E-state index is 8.49. The average Bonchev–Trinajstić information content (AvgIpc) is 3.71. The van der Waals surface area contributed by atoms with E-state index in [-0.39, 0.29) is 27.4 Å². The SMILES string of the molecule is C1=CC2C=CC1C2.C[C@H](CP(c1ccccc1)c1ccccc1)P(c1ccccc1)c1ccccc1.[O-][Cl+3]([O-])([O-])[O-].[O-][Cl+3]([O-])([O-])[O-].[O-][Cl+3]([O-])([O-])[O-].[Rh+3]. The average molecular weight is 906 g/mol. The fourth-order valence-electron chi connectivity index (χ4n) is 5.08. The van der Waals surface area contributed by atoms with Crippen LogP contribution in [0.3, 0.4) is 0 Å². The minimum absolute atomic E-state index is 0. The zero-order valence-corrected chi connectivity index (χ0v) is 33.0. The minimum Gasteiger partial charge on any atom is -0.222 e. The van der Waals surface area contributed by atoms with Crippen LogP contribution in [0.2, 0.25) is 0 Å². The van der Waals surface area contributed by atoms with Gasteiger partial charge in [-0.05, 0) is 67.1 Å². The van der Waals surface area contributed by atoms with Gasteiger partial charge in [-0.25, -0.2) is 55.9 Å². The Bertz CT molecular complexity index is 1430. The fraction of sp³-hybridized carbons (Fsp3) is 0.176. The summed E-state index contributed by atoms with van der Waals surface area (Å²) in [5.41, 5.74) is 0.585. The summed E-state index contributed by atoms with van der Waals surface area (Å²) in [6.45, 7) is 2.45. The first kappa shape index (κ1) is 48.3. The number of hydrogen-bond acceptors (Lipinski definition) is 12. The second kappa shape index (κ2) is 23.9. The zero-order chi connectivity index (χ0) is 38.1. The number of rotatable bonds is 7. The van der Waals surface area contributed by atoms with E-state index in [0.29, 0.717) is 5.66 Å². The van der Waals surface area contributed by atoms with E-state index in [1.54, 1.807) is 0 Å². The molecule has 2 bridgehead atoms. The summed E-state index contributed by atoms with van der Waals surface area (Å²) < 4.78 is 102. The van der Waals surface area contributed by atoms with Gasteiger partial charge in [0.25, 0.3) is 0 Å². The van der Waals surface area contributed by atoms with Gasteiger partial charge < -0.3 is 0 Å². The first-order valence-corrected chi connectivity index (χ1v) is 21.4. The maximum absolute atomic E-state index is 8.49. The number of fused-ring (bicyclic) bond motifs is 2. The number of hydrogen-bond donors (Lipinski definition) is 0. The van der Waals surface area contributed by atoms with Crippen molar-refractivity contribution in [3.8, 4) is 0 Å². The van der Waals surface area contributed by atoms with Gasteiger partial charge in [0.2, 0.25) is 0 Å². The summed E-state index contributed by atoms with van der Waals surface area (Å²) in [6.07, 6.45) is 11.7. The molecule has 1 atom stereocenters. The molecule has 2 aliphatic carbocycles. The van der Waals surface area contributed by atoms with Gasteiger partial charge in [-0.3, -0.25) is 0 Å². The van der Waals surface area contributed by atoms with Crippen molar-refractivity contribution in [1.29, 1.82) is 0 Å². The molecule has 0 unspecified atom stereocenters. The van der Waals surface area contributed by atoms with Crippen LogP contribution >= 0.6 is 15.8 Å². The quantitative estimate of drug-likeness (QED) is 0.0951. The predicted octanol–water partition coefficient (Wildman–Crippen LogP) is -6.88. The molecule has 6 rings (SSSR count). The third-order valence-electron chi connectivity index (χ3n) is 6.85. The molecule has 0 saturated heterocycles. The number of allylic oxidation sites excluding steroid dienone is 4. The van der Waals surface area contributed by atoms with Crippen LogP contribution in [-0.2, 0) is 19.5 Å². The summed E-state index contributed by atoms with van der Waals surface area (Å²) in [7, 11) is -15.6. The first-order chi connectivity index (χ1) is 23.8. The van der Waals surface area contributed by atoms with Gasteiger partial charge in [0, 0.05) is 0 Å².